The lowest BCUT2D eigenvalue weighted by atomic mass is 10.2. The van der Waals surface area contributed by atoms with Gasteiger partial charge in [0.15, 0.2) is 0 Å². The maximum atomic E-state index is 10.2. The minimum atomic E-state index is -0.879. The molecule has 0 aliphatic carbocycles. The monoisotopic (exact) mass is 276 g/mol. The van der Waals surface area contributed by atoms with Crippen LogP contribution in [0.4, 0.5) is 0 Å². The molecule has 19 heavy (non-hydrogen) atoms. The summed E-state index contributed by atoms with van der Waals surface area (Å²) in [5.41, 5.74) is 0.662. The summed E-state index contributed by atoms with van der Waals surface area (Å²) in [6, 6.07) is 16.6. The van der Waals surface area contributed by atoms with Crippen LogP contribution in [0.5, 0.6) is 0 Å². The second kappa shape index (κ2) is 8.65. The van der Waals surface area contributed by atoms with Gasteiger partial charge < -0.3 is 10.2 Å². The van der Waals surface area contributed by atoms with E-state index in [4.69, 9.17) is 10.2 Å². The molecule has 0 saturated heterocycles. The minimum absolute atomic E-state index is 0. The molecule has 2 rings (SSSR count). The molecule has 0 unspecified atom stereocenters. The minimum Gasteiger partial charge on any atom is -0.478 e. The molecule has 0 aromatic heterocycles. The summed E-state index contributed by atoms with van der Waals surface area (Å²) in [6.07, 6.45) is 0. The molecular formula is C14H16O4Si. The van der Waals surface area contributed by atoms with Crippen molar-refractivity contribution in [1.29, 1.82) is 0 Å². The van der Waals surface area contributed by atoms with Gasteiger partial charge in [0.2, 0.25) is 0 Å². The number of hydrogen-bond donors (Lipinski definition) is 2. The maximum absolute atomic E-state index is 10.2. The summed E-state index contributed by atoms with van der Waals surface area (Å²) in [5.74, 6) is -1.76. The molecule has 0 atom stereocenters. The van der Waals surface area contributed by atoms with Crippen molar-refractivity contribution in [2.75, 3.05) is 0 Å². The Hall–Kier alpha value is -2.40. The van der Waals surface area contributed by atoms with E-state index >= 15 is 0 Å². The quantitative estimate of drug-likeness (QED) is 0.811. The Kier molecular flexibility index (Phi) is 7.56. The number of carbonyl (C=O) groups is 2. The van der Waals surface area contributed by atoms with Gasteiger partial charge in [-0.1, -0.05) is 36.4 Å². The first-order valence-electron chi connectivity index (χ1n) is 5.18. The van der Waals surface area contributed by atoms with Gasteiger partial charge in [-0.15, -0.1) is 0 Å². The van der Waals surface area contributed by atoms with E-state index in [1.165, 1.54) is 0 Å². The average Bonchev–Trinajstić information content (AvgIpc) is 2.41. The molecule has 5 heteroatoms. The van der Waals surface area contributed by atoms with Gasteiger partial charge in [0.25, 0.3) is 0 Å². The highest BCUT2D eigenvalue weighted by Gasteiger charge is 1.97. The smallest absolute Gasteiger partial charge is 0.335 e. The zero-order valence-electron chi connectivity index (χ0n) is 9.48. The lowest BCUT2D eigenvalue weighted by Gasteiger charge is -1.88. The Labute approximate surface area is 115 Å². The summed E-state index contributed by atoms with van der Waals surface area (Å²) in [6.45, 7) is 0. The fourth-order valence-electron chi connectivity index (χ4n) is 1.16. The number of carboxylic acids is 2. The fourth-order valence-corrected chi connectivity index (χ4v) is 1.16. The van der Waals surface area contributed by atoms with Crippen molar-refractivity contribution in [3.63, 3.8) is 0 Å². The van der Waals surface area contributed by atoms with Crippen LogP contribution in [0.15, 0.2) is 60.7 Å². The van der Waals surface area contributed by atoms with Crippen molar-refractivity contribution in [2.24, 2.45) is 0 Å². The molecule has 0 saturated carbocycles. The first-order valence-corrected chi connectivity index (χ1v) is 5.18. The second-order valence-corrected chi connectivity index (χ2v) is 3.34. The van der Waals surface area contributed by atoms with Crippen molar-refractivity contribution >= 4 is 22.9 Å². The van der Waals surface area contributed by atoms with Gasteiger partial charge in [0, 0.05) is 0 Å². The van der Waals surface area contributed by atoms with Crippen LogP contribution in [0.3, 0.4) is 0 Å². The molecule has 100 valence electrons. The highest BCUT2D eigenvalue weighted by atomic mass is 28.1. The Bertz CT molecular complexity index is 462. The van der Waals surface area contributed by atoms with Gasteiger partial charge in [-0.3, -0.25) is 0 Å². The van der Waals surface area contributed by atoms with Crippen molar-refractivity contribution < 1.29 is 19.8 Å². The lowest BCUT2D eigenvalue weighted by molar-refractivity contribution is 0.0686. The number of benzene rings is 2. The first-order chi connectivity index (χ1) is 8.61. The van der Waals surface area contributed by atoms with Gasteiger partial charge in [-0.05, 0) is 35.2 Å². The second-order valence-electron chi connectivity index (χ2n) is 3.34. The molecule has 4 nitrogen and oxygen atoms in total. The Morgan fingerprint density at radius 1 is 0.632 bits per heavy atom. The number of hydrogen-bond acceptors (Lipinski definition) is 2. The summed E-state index contributed by atoms with van der Waals surface area (Å²) in [5, 5.41) is 16.8. The molecular weight excluding hydrogens is 260 g/mol. The van der Waals surface area contributed by atoms with Crippen LogP contribution in [0.2, 0.25) is 0 Å². The normalized spacial score (nSPS) is 8.42. The first kappa shape index (κ1) is 16.6. The number of rotatable bonds is 2. The molecule has 0 spiro atoms. The van der Waals surface area contributed by atoms with Gasteiger partial charge >= 0.3 is 11.9 Å². The van der Waals surface area contributed by atoms with E-state index in [0.717, 1.165) is 0 Å². The third kappa shape index (κ3) is 6.18. The van der Waals surface area contributed by atoms with E-state index in [2.05, 4.69) is 0 Å². The Morgan fingerprint density at radius 3 is 1.05 bits per heavy atom. The Morgan fingerprint density at radius 2 is 0.895 bits per heavy atom. The topological polar surface area (TPSA) is 74.6 Å². The van der Waals surface area contributed by atoms with E-state index in [-0.39, 0.29) is 11.0 Å². The number of aromatic carboxylic acids is 2. The highest BCUT2D eigenvalue weighted by Crippen LogP contribution is 1.96. The van der Waals surface area contributed by atoms with Gasteiger partial charge in [-0.25, -0.2) is 9.59 Å². The van der Waals surface area contributed by atoms with Crippen LogP contribution in [0.25, 0.3) is 0 Å². The third-order valence-electron chi connectivity index (χ3n) is 2.04. The summed E-state index contributed by atoms with van der Waals surface area (Å²) in [7, 11) is 0. The van der Waals surface area contributed by atoms with Crippen LogP contribution >= 0.6 is 0 Å². The molecule has 0 aliphatic rings. The van der Waals surface area contributed by atoms with Crippen LogP contribution in [0, 0.1) is 0 Å². The largest absolute Gasteiger partial charge is 0.478 e. The molecule has 0 bridgehead atoms. The van der Waals surface area contributed by atoms with Gasteiger partial charge in [-0.2, -0.15) is 0 Å². The van der Waals surface area contributed by atoms with Crippen LogP contribution in [-0.2, 0) is 0 Å². The molecule has 0 amide bonds. The van der Waals surface area contributed by atoms with Crippen molar-refractivity contribution in [1.82, 2.24) is 0 Å². The van der Waals surface area contributed by atoms with E-state index in [1.807, 2.05) is 0 Å². The molecule has 2 aromatic carbocycles. The summed E-state index contributed by atoms with van der Waals surface area (Å²) < 4.78 is 0. The van der Waals surface area contributed by atoms with Crippen molar-refractivity contribution in [3.05, 3.63) is 71.8 Å². The summed E-state index contributed by atoms with van der Waals surface area (Å²) in [4.78, 5) is 20.4. The van der Waals surface area contributed by atoms with Crippen LogP contribution < -0.4 is 0 Å². The van der Waals surface area contributed by atoms with E-state index in [0.29, 0.717) is 11.1 Å². The molecule has 2 N–H and O–H groups in total. The lowest BCUT2D eigenvalue weighted by Crippen LogP contribution is -1.93. The maximum Gasteiger partial charge on any atom is 0.335 e. The average molecular weight is 276 g/mol. The van der Waals surface area contributed by atoms with E-state index < -0.39 is 11.9 Å². The third-order valence-corrected chi connectivity index (χ3v) is 2.04. The van der Waals surface area contributed by atoms with Crippen LogP contribution in [-0.4, -0.2) is 33.1 Å². The Balaban J connectivity index is 0.000000324. The fraction of sp³-hybridized carbons (Fsp3) is 0. The van der Waals surface area contributed by atoms with E-state index in [9.17, 15) is 9.59 Å². The van der Waals surface area contributed by atoms with Gasteiger partial charge in [0.1, 0.15) is 0 Å². The molecule has 0 heterocycles. The SMILES string of the molecule is O=C(O)c1ccccc1.O=C(O)c1ccccc1.[SiH4]. The standard InChI is InChI=1S/2C7H6O2.H4Si/c2*8-7(9)6-4-2-1-3-5-6;/h2*1-5H,(H,8,9);1H4. The van der Waals surface area contributed by atoms with Crippen LogP contribution in [0.1, 0.15) is 20.7 Å². The zero-order valence-corrected chi connectivity index (χ0v) is 9.48. The highest BCUT2D eigenvalue weighted by molar-refractivity contribution is 5.87. The zero-order chi connectivity index (χ0) is 13.4. The van der Waals surface area contributed by atoms with Gasteiger partial charge in [0.05, 0.1) is 11.1 Å². The predicted octanol–water partition coefficient (Wildman–Crippen LogP) is 1.32. The molecule has 0 radical (unpaired) electrons. The predicted molar refractivity (Wildman–Crippen MR) is 78.1 cm³/mol. The summed E-state index contributed by atoms with van der Waals surface area (Å²) >= 11 is 0. The number of carboxylic acid groups (broad SMARTS) is 2. The van der Waals surface area contributed by atoms with Crippen molar-refractivity contribution in [3.8, 4) is 0 Å². The van der Waals surface area contributed by atoms with Crippen molar-refractivity contribution in [2.45, 2.75) is 0 Å². The molecule has 0 fully saturated rings. The van der Waals surface area contributed by atoms with E-state index in [1.54, 1.807) is 60.7 Å². The molecule has 2 aromatic rings. The molecule has 0 aliphatic heterocycles.